The minimum atomic E-state index is 0.200. The number of hydrogen-bond acceptors (Lipinski definition) is 3. The van der Waals surface area contributed by atoms with Crippen molar-refractivity contribution in [1.82, 2.24) is 4.90 Å². The second-order valence-corrected chi connectivity index (χ2v) is 6.55. The average molecular weight is 322 g/mol. The Morgan fingerprint density at radius 2 is 2.00 bits per heavy atom. The number of nitrogens with zero attached hydrogens (tertiary/aromatic N) is 2. The van der Waals surface area contributed by atoms with E-state index in [0.29, 0.717) is 6.54 Å². The molecule has 0 aliphatic carbocycles. The fraction of sp³-hybridized carbons (Fsp3) is 0.350. The van der Waals surface area contributed by atoms with E-state index in [1.807, 2.05) is 42.2 Å². The SMILES string of the molecule is Cc1ccc(C2=CCN(CC(=O)N3CCc4ccccc43)CC2)o1. The number of aryl methyl sites for hydroxylation is 1. The number of carbonyl (C=O) groups is 1. The van der Waals surface area contributed by atoms with Gasteiger partial charge in [0.15, 0.2) is 0 Å². The van der Waals surface area contributed by atoms with E-state index >= 15 is 0 Å². The average Bonchev–Trinajstić information content (AvgIpc) is 3.22. The highest BCUT2D eigenvalue weighted by Gasteiger charge is 2.26. The van der Waals surface area contributed by atoms with Crippen LogP contribution in [0.15, 0.2) is 46.9 Å². The summed E-state index contributed by atoms with van der Waals surface area (Å²) in [4.78, 5) is 16.8. The Morgan fingerprint density at radius 1 is 1.12 bits per heavy atom. The zero-order valence-electron chi connectivity index (χ0n) is 14.0. The van der Waals surface area contributed by atoms with Crippen molar-refractivity contribution < 1.29 is 9.21 Å². The molecule has 3 heterocycles. The van der Waals surface area contributed by atoms with Gasteiger partial charge in [0, 0.05) is 25.3 Å². The lowest BCUT2D eigenvalue weighted by Crippen LogP contribution is -2.41. The summed E-state index contributed by atoms with van der Waals surface area (Å²) >= 11 is 0. The Bertz CT molecular complexity index is 790. The lowest BCUT2D eigenvalue weighted by atomic mass is 10.1. The van der Waals surface area contributed by atoms with Gasteiger partial charge in [0.1, 0.15) is 11.5 Å². The molecule has 0 spiro atoms. The molecule has 0 radical (unpaired) electrons. The topological polar surface area (TPSA) is 36.7 Å². The van der Waals surface area contributed by atoms with Crippen molar-refractivity contribution in [3.8, 4) is 0 Å². The number of carbonyl (C=O) groups excluding carboxylic acids is 1. The summed E-state index contributed by atoms with van der Waals surface area (Å²) in [7, 11) is 0. The van der Waals surface area contributed by atoms with Crippen LogP contribution in [0.1, 0.15) is 23.5 Å². The van der Waals surface area contributed by atoms with Gasteiger partial charge in [0.25, 0.3) is 0 Å². The molecule has 1 amide bonds. The third-order valence-electron chi connectivity index (χ3n) is 4.90. The molecule has 2 aliphatic heterocycles. The maximum Gasteiger partial charge on any atom is 0.241 e. The Hall–Kier alpha value is -2.33. The Labute approximate surface area is 142 Å². The summed E-state index contributed by atoms with van der Waals surface area (Å²) in [6.45, 7) is 4.95. The van der Waals surface area contributed by atoms with Crippen LogP contribution in [0.25, 0.3) is 5.57 Å². The molecular formula is C20H22N2O2. The van der Waals surface area contributed by atoms with Crippen molar-refractivity contribution >= 4 is 17.2 Å². The summed E-state index contributed by atoms with van der Waals surface area (Å²) < 4.78 is 5.70. The highest BCUT2D eigenvalue weighted by Crippen LogP contribution is 2.28. The number of anilines is 1. The molecule has 0 saturated heterocycles. The van der Waals surface area contributed by atoms with E-state index in [1.54, 1.807) is 0 Å². The molecule has 0 N–H and O–H groups in total. The largest absolute Gasteiger partial charge is 0.462 e. The van der Waals surface area contributed by atoms with Gasteiger partial charge in [0.05, 0.1) is 6.54 Å². The Balaban J connectivity index is 1.39. The van der Waals surface area contributed by atoms with Gasteiger partial charge in [-0.25, -0.2) is 0 Å². The van der Waals surface area contributed by atoms with Crippen LogP contribution in [0.4, 0.5) is 5.69 Å². The van der Waals surface area contributed by atoms with Crippen LogP contribution in [0, 0.1) is 6.92 Å². The van der Waals surface area contributed by atoms with E-state index in [0.717, 1.165) is 49.7 Å². The predicted molar refractivity (Wildman–Crippen MR) is 95.0 cm³/mol. The molecule has 2 aromatic rings. The first kappa shape index (κ1) is 15.2. The number of amides is 1. The number of benzene rings is 1. The van der Waals surface area contributed by atoms with Crippen molar-refractivity contribution in [3.05, 3.63) is 59.6 Å². The molecule has 0 unspecified atom stereocenters. The monoisotopic (exact) mass is 322 g/mol. The van der Waals surface area contributed by atoms with E-state index in [4.69, 9.17) is 4.42 Å². The smallest absolute Gasteiger partial charge is 0.241 e. The van der Waals surface area contributed by atoms with Crippen LogP contribution in [0.5, 0.6) is 0 Å². The first-order valence-corrected chi connectivity index (χ1v) is 8.57. The first-order chi connectivity index (χ1) is 11.7. The minimum absolute atomic E-state index is 0.200. The van der Waals surface area contributed by atoms with Gasteiger partial charge in [-0.1, -0.05) is 24.3 Å². The summed E-state index contributed by atoms with van der Waals surface area (Å²) in [6, 6.07) is 12.2. The molecule has 0 saturated carbocycles. The molecule has 124 valence electrons. The zero-order chi connectivity index (χ0) is 16.5. The van der Waals surface area contributed by atoms with Gasteiger partial charge < -0.3 is 9.32 Å². The van der Waals surface area contributed by atoms with Crippen molar-refractivity contribution in [2.24, 2.45) is 0 Å². The summed E-state index contributed by atoms with van der Waals surface area (Å²) in [5.41, 5.74) is 3.61. The van der Waals surface area contributed by atoms with Crippen LogP contribution in [0.2, 0.25) is 0 Å². The van der Waals surface area contributed by atoms with Crippen LogP contribution in [-0.4, -0.2) is 37.0 Å². The van der Waals surface area contributed by atoms with E-state index in [-0.39, 0.29) is 5.91 Å². The third kappa shape index (κ3) is 2.89. The van der Waals surface area contributed by atoms with Crippen LogP contribution < -0.4 is 4.90 Å². The fourth-order valence-electron chi connectivity index (χ4n) is 3.56. The third-order valence-corrected chi connectivity index (χ3v) is 4.90. The number of fused-ring (bicyclic) bond motifs is 1. The van der Waals surface area contributed by atoms with Crippen LogP contribution >= 0.6 is 0 Å². The van der Waals surface area contributed by atoms with E-state index in [2.05, 4.69) is 17.0 Å². The molecule has 4 heteroatoms. The van der Waals surface area contributed by atoms with E-state index in [9.17, 15) is 4.79 Å². The molecule has 1 aromatic carbocycles. The Kier molecular flexibility index (Phi) is 3.98. The predicted octanol–water partition coefficient (Wildman–Crippen LogP) is 3.27. The van der Waals surface area contributed by atoms with Crippen molar-refractivity contribution in [2.45, 2.75) is 19.8 Å². The van der Waals surface area contributed by atoms with Crippen molar-refractivity contribution in [1.29, 1.82) is 0 Å². The quantitative estimate of drug-likeness (QED) is 0.870. The lowest BCUT2D eigenvalue weighted by molar-refractivity contribution is -0.119. The van der Waals surface area contributed by atoms with Crippen molar-refractivity contribution in [2.75, 3.05) is 31.1 Å². The van der Waals surface area contributed by atoms with E-state index < -0.39 is 0 Å². The summed E-state index contributed by atoms with van der Waals surface area (Å²) in [5.74, 6) is 2.11. The molecule has 4 nitrogen and oxygen atoms in total. The van der Waals surface area contributed by atoms with Crippen LogP contribution in [-0.2, 0) is 11.2 Å². The zero-order valence-corrected chi connectivity index (χ0v) is 14.0. The minimum Gasteiger partial charge on any atom is -0.462 e. The molecule has 24 heavy (non-hydrogen) atoms. The van der Waals surface area contributed by atoms with Crippen LogP contribution in [0.3, 0.4) is 0 Å². The standard InChI is InChI=1S/C20H22N2O2/c1-15-6-7-19(24-15)17-8-11-21(12-9-17)14-20(23)22-13-10-16-4-2-3-5-18(16)22/h2-8H,9-14H2,1H3. The highest BCUT2D eigenvalue weighted by molar-refractivity contribution is 5.96. The maximum absolute atomic E-state index is 12.7. The van der Waals surface area contributed by atoms with Crippen molar-refractivity contribution in [3.63, 3.8) is 0 Å². The number of hydrogen-bond donors (Lipinski definition) is 0. The van der Waals surface area contributed by atoms with Gasteiger partial charge in [0.2, 0.25) is 5.91 Å². The summed E-state index contributed by atoms with van der Waals surface area (Å²) in [6.07, 6.45) is 4.08. The second kappa shape index (κ2) is 6.29. The summed E-state index contributed by atoms with van der Waals surface area (Å²) in [5, 5.41) is 0. The normalized spacial score (nSPS) is 17.7. The molecule has 4 rings (SSSR count). The Morgan fingerprint density at radius 3 is 2.75 bits per heavy atom. The second-order valence-electron chi connectivity index (χ2n) is 6.55. The number of para-hydroxylation sites is 1. The first-order valence-electron chi connectivity index (χ1n) is 8.57. The highest BCUT2D eigenvalue weighted by atomic mass is 16.3. The van der Waals surface area contributed by atoms with Gasteiger partial charge in [-0.3, -0.25) is 9.69 Å². The van der Waals surface area contributed by atoms with Gasteiger partial charge in [-0.2, -0.15) is 0 Å². The number of furan rings is 1. The van der Waals surface area contributed by atoms with Gasteiger partial charge >= 0.3 is 0 Å². The molecule has 0 fully saturated rings. The molecule has 2 aliphatic rings. The molecule has 1 aromatic heterocycles. The molecule has 0 atom stereocenters. The van der Waals surface area contributed by atoms with E-state index in [1.165, 1.54) is 11.1 Å². The number of rotatable bonds is 3. The molecule has 0 bridgehead atoms. The van der Waals surface area contributed by atoms with Gasteiger partial charge in [-0.05, 0) is 49.1 Å². The van der Waals surface area contributed by atoms with Gasteiger partial charge in [-0.15, -0.1) is 0 Å². The fourth-order valence-corrected chi connectivity index (χ4v) is 3.56. The maximum atomic E-state index is 12.7. The molecular weight excluding hydrogens is 300 g/mol. The lowest BCUT2D eigenvalue weighted by Gasteiger charge is -2.27.